The molecule has 0 saturated carbocycles. The molecule has 3 aliphatic rings. The van der Waals surface area contributed by atoms with E-state index in [1.165, 1.54) is 10.4 Å². The van der Waals surface area contributed by atoms with Crippen LogP contribution < -0.4 is 5.32 Å². The van der Waals surface area contributed by atoms with Gasteiger partial charge in [-0.25, -0.2) is 4.98 Å². The molecule has 5 rings (SSSR count). The van der Waals surface area contributed by atoms with E-state index in [9.17, 15) is 4.79 Å². The molecular formula is C19H24N4O2S. The van der Waals surface area contributed by atoms with Gasteiger partial charge in [-0.15, -0.1) is 11.3 Å². The highest BCUT2D eigenvalue weighted by molar-refractivity contribution is 7.14. The molecule has 3 aliphatic heterocycles. The van der Waals surface area contributed by atoms with Gasteiger partial charge in [0.1, 0.15) is 5.60 Å². The minimum atomic E-state index is -0.160. The highest BCUT2D eigenvalue weighted by Gasteiger charge is 2.41. The molecule has 1 amide bonds. The van der Waals surface area contributed by atoms with Crippen LogP contribution in [0, 0.1) is 0 Å². The number of nitrogens with one attached hydrogen (secondary N) is 1. The van der Waals surface area contributed by atoms with E-state index < -0.39 is 0 Å². The molecular weight excluding hydrogens is 348 g/mol. The van der Waals surface area contributed by atoms with Crippen LogP contribution in [0.15, 0.2) is 24.8 Å². The number of piperidine rings is 1. The molecule has 0 bridgehead atoms. The molecule has 2 saturated heterocycles. The van der Waals surface area contributed by atoms with Crippen molar-refractivity contribution in [2.24, 2.45) is 0 Å². The maximum Gasteiger partial charge on any atom is 0.264 e. The zero-order chi connectivity index (χ0) is 17.6. The van der Waals surface area contributed by atoms with E-state index in [4.69, 9.17) is 4.74 Å². The number of hydrogen-bond acceptors (Lipinski definition) is 5. The number of aromatic nitrogens is 2. The summed E-state index contributed by atoms with van der Waals surface area (Å²) < 4.78 is 8.37. The molecule has 1 unspecified atom stereocenters. The lowest BCUT2D eigenvalue weighted by molar-refractivity contribution is -0.0771. The summed E-state index contributed by atoms with van der Waals surface area (Å²) >= 11 is 1.67. The standard InChI is InChI=1S/C19H24N4O2S/c24-18(22-8-1-15(12-22)23-9-7-21-13-23)16-11-14-2-10-25-19(17(14)26-16)3-5-20-6-4-19/h7,9,11,13,15,20H,1-6,8,10,12H2. The third-order valence-corrected chi connectivity index (χ3v) is 7.34. The summed E-state index contributed by atoms with van der Waals surface area (Å²) in [6, 6.07) is 2.48. The number of imidazole rings is 1. The number of ether oxygens (including phenoxy) is 1. The summed E-state index contributed by atoms with van der Waals surface area (Å²) in [7, 11) is 0. The second-order valence-electron chi connectivity index (χ2n) is 7.51. The smallest absolute Gasteiger partial charge is 0.264 e. The van der Waals surface area contributed by atoms with Crippen molar-refractivity contribution in [2.45, 2.75) is 37.3 Å². The lowest BCUT2D eigenvalue weighted by atomic mass is 9.86. The Morgan fingerprint density at radius 3 is 3.08 bits per heavy atom. The Morgan fingerprint density at radius 1 is 1.38 bits per heavy atom. The lowest BCUT2D eigenvalue weighted by Gasteiger charge is -2.40. The quantitative estimate of drug-likeness (QED) is 0.878. The first-order valence-corrected chi connectivity index (χ1v) is 10.3. The fraction of sp³-hybridized carbons (Fsp3) is 0.579. The highest BCUT2D eigenvalue weighted by atomic mass is 32.1. The average Bonchev–Trinajstić information content (AvgIpc) is 3.41. The summed E-state index contributed by atoms with van der Waals surface area (Å²) in [6.45, 7) is 4.32. The Morgan fingerprint density at radius 2 is 2.27 bits per heavy atom. The van der Waals surface area contributed by atoms with Crippen molar-refractivity contribution >= 4 is 17.2 Å². The number of amides is 1. The molecule has 6 nitrogen and oxygen atoms in total. The molecule has 1 spiro atoms. The number of rotatable bonds is 2. The average molecular weight is 372 g/mol. The van der Waals surface area contributed by atoms with Gasteiger partial charge in [-0.1, -0.05) is 0 Å². The maximum absolute atomic E-state index is 13.1. The van der Waals surface area contributed by atoms with Gasteiger partial charge in [0.25, 0.3) is 5.91 Å². The van der Waals surface area contributed by atoms with Crippen LogP contribution in [0.25, 0.3) is 0 Å². The van der Waals surface area contributed by atoms with Crippen LogP contribution in [0.3, 0.4) is 0 Å². The minimum Gasteiger partial charge on any atom is -0.369 e. The summed E-state index contributed by atoms with van der Waals surface area (Å²) in [6.07, 6.45) is 9.55. The zero-order valence-electron chi connectivity index (χ0n) is 14.8. The molecule has 0 radical (unpaired) electrons. The third kappa shape index (κ3) is 2.69. The van der Waals surface area contributed by atoms with Crippen molar-refractivity contribution in [1.29, 1.82) is 0 Å². The number of thiophene rings is 1. The summed E-state index contributed by atoms with van der Waals surface area (Å²) in [5, 5.41) is 3.42. The van der Waals surface area contributed by atoms with Crippen LogP contribution in [0.5, 0.6) is 0 Å². The van der Waals surface area contributed by atoms with E-state index >= 15 is 0 Å². The monoisotopic (exact) mass is 372 g/mol. The van der Waals surface area contributed by atoms with Crippen LogP contribution >= 0.6 is 11.3 Å². The molecule has 1 atom stereocenters. The van der Waals surface area contributed by atoms with Crippen LogP contribution in [0.1, 0.15) is 45.4 Å². The van der Waals surface area contributed by atoms with Crippen molar-refractivity contribution in [2.75, 3.05) is 32.8 Å². The van der Waals surface area contributed by atoms with Crippen LogP contribution in [0.4, 0.5) is 0 Å². The second kappa shape index (κ2) is 6.48. The van der Waals surface area contributed by atoms with E-state index in [2.05, 4.69) is 20.9 Å². The van der Waals surface area contributed by atoms with Crippen molar-refractivity contribution in [3.05, 3.63) is 40.1 Å². The van der Waals surface area contributed by atoms with Crippen LogP contribution in [-0.2, 0) is 16.8 Å². The zero-order valence-corrected chi connectivity index (χ0v) is 15.6. The van der Waals surface area contributed by atoms with Crippen molar-refractivity contribution in [3.8, 4) is 0 Å². The SMILES string of the molecule is O=C(c1cc2c(s1)C1(CCNCC1)OCC2)N1CCC(n2ccnc2)C1. The molecule has 7 heteroatoms. The summed E-state index contributed by atoms with van der Waals surface area (Å²) in [5.74, 6) is 0.177. The second-order valence-corrected chi connectivity index (χ2v) is 8.56. The first kappa shape index (κ1) is 16.5. The van der Waals surface area contributed by atoms with Crippen molar-refractivity contribution in [3.63, 3.8) is 0 Å². The summed E-state index contributed by atoms with van der Waals surface area (Å²) in [4.78, 5) is 21.4. The fourth-order valence-electron chi connectivity index (χ4n) is 4.54. The van der Waals surface area contributed by atoms with Gasteiger partial charge in [0.2, 0.25) is 0 Å². The van der Waals surface area contributed by atoms with Gasteiger partial charge in [0.05, 0.1) is 23.9 Å². The molecule has 2 aromatic heterocycles. The van der Waals surface area contributed by atoms with Gasteiger partial charge in [-0.3, -0.25) is 4.79 Å². The van der Waals surface area contributed by atoms with E-state index in [1.807, 2.05) is 17.4 Å². The summed E-state index contributed by atoms with van der Waals surface area (Å²) in [5.41, 5.74) is 1.17. The van der Waals surface area contributed by atoms with E-state index in [0.29, 0.717) is 6.04 Å². The Labute approximate surface area is 157 Å². The molecule has 2 fully saturated rings. The Balaban J connectivity index is 1.37. The molecule has 5 heterocycles. The van der Waals surface area contributed by atoms with Gasteiger partial charge in [0, 0.05) is 30.4 Å². The topological polar surface area (TPSA) is 59.4 Å². The molecule has 138 valence electrons. The van der Waals surface area contributed by atoms with Gasteiger partial charge >= 0.3 is 0 Å². The normalized spacial score (nSPS) is 24.8. The number of hydrogen-bond donors (Lipinski definition) is 1. The molecule has 0 aromatic carbocycles. The van der Waals surface area contributed by atoms with E-state index in [-0.39, 0.29) is 11.5 Å². The molecule has 1 N–H and O–H groups in total. The minimum absolute atomic E-state index is 0.160. The van der Waals surface area contributed by atoms with Gasteiger partial charge in [-0.2, -0.15) is 0 Å². The number of carbonyl (C=O) groups excluding carboxylic acids is 1. The number of fused-ring (bicyclic) bond motifs is 2. The lowest BCUT2D eigenvalue weighted by Crippen LogP contribution is -2.43. The van der Waals surface area contributed by atoms with E-state index in [0.717, 1.165) is 63.3 Å². The van der Waals surface area contributed by atoms with Gasteiger partial charge in [0.15, 0.2) is 0 Å². The van der Waals surface area contributed by atoms with Crippen LogP contribution in [0.2, 0.25) is 0 Å². The first-order valence-electron chi connectivity index (χ1n) is 9.50. The molecule has 2 aromatic rings. The highest BCUT2D eigenvalue weighted by Crippen LogP contribution is 2.44. The van der Waals surface area contributed by atoms with Gasteiger partial charge in [-0.05, 0) is 50.4 Å². The van der Waals surface area contributed by atoms with Crippen LogP contribution in [-0.4, -0.2) is 53.1 Å². The Hall–Kier alpha value is -1.70. The third-order valence-electron chi connectivity index (χ3n) is 5.99. The molecule has 0 aliphatic carbocycles. The van der Waals surface area contributed by atoms with Crippen molar-refractivity contribution in [1.82, 2.24) is 19.8 Å². The largest absolute Gasteiger partial charge is 0.369 e. The fourth-order valence-corrected chi connectivity index (χ4v) is 5.92. The van der Waals surface area contributed by atoms with Crippen molar-refractivity contribution < 1.29 is 9.53 Å². The number of carbonyl (C=O) groups is 1. The Bertz CT molecular complexity index is 795. The Kier molecular flexibility index (Phi) is 4.10. The maximum atomic E-state index is 13.1. The molecule has 26 heavy (non-hydrogen) atoms. The van der Waals surface area contributed by atoms with Gasteiger partial charge < -0.3 is 19.5 Å². The predicted molar refractivity (Wildman–Crippen MR) is 99.5 cm³/mol. The number of likely N-dealkylation sites (tertiary alicyclic amines) is 1. The first-order chi connectivity index (χ1) is 12.8. The van der Waals surface area contributed by atoms with E-state index in [1.54, 1.807) is 17.5 Å². The predicted octanol–water partition coefficient (Wildman–Crippen LogP) is 2.18. The number of nitrogens with zero attached hydrogens (tertiary/aromatic N) is 3.